The van der Waals surface area contributed by atoms with Crippen molar-refractivity contribution in [2.45, 2.75) is 43.9 Å². The summed E-state index contributed by atoms with van der Waals surface area (Å²) in [5, 5.41) is 0.721. The summed E-state index contributed by atoms with van der Waals surface area (Å²) in [5.74, 6) is 0.887. The molecule has 0 aromatic heterocycles. The number of halogens is 1. The average molecular weight is 321 g/mol. The van der Waals surface area contributed by atoms with Crippen molar-refractivity contribution in [3.63, 3.8) is 0 Å². The molecule has 4 heteroatoms. The van der Waals surface area contributed by atoms with Gasteiger partial charge < -0.3 is 10.6 Å². The third-order valence-electron chi connectivity index (χ3n) is 5.48. The van der Waals surface area contributed by atoms with Crippen molar-refractivity contribution in [2.24, 2.45) is 11.7 Å². The van der Waals surface area contributed by atoms with Gasteiger partial charge in [-0.15, -0.1) is 0 Å². The largest absolute Gasteiger partial charge is 0.342 e. The molecule has 2 fully saturated rings. The van der Waals surface area contributed by atoms with E-state index in [0.717, 1.165) is 68.7 Å². The molecule has 120 valence electrons. The minimum Gasteiger partial charge on any atom is -0.342 e. The van der Waals surface area contributed by atoms with Gasteiger partial charge >= 0.3 is 0 Å². The highest BCUT2D eigenvalue weighted by atomic mass is 35.5. The molecule has 1 aromatic rings. The van der Waals surface area contributed by atoms with Crippen molar-refractivity contribution in [1.82, 2.24) is 4.90 Å². The molecule has 22 heavy (non-hydrogen) atoms. The van der Waals surface area contributed by atoms with E-state index in [2.05, 4.69) is 11.0 Å². The first kappa shape index (κ1) is 15.8. The molecule has 3 rings (SSSR count). The summed E-state index contributed by atoms with van der Waals surface area (Å²) in [6.45, 7) is 2.44. The first-order valence-electron chi connectivity index (χ1n) is 8.41. The molecule has 0 unspecified atom stereocenters. The van der Waals surface area contributed by atoms with E-state index in [0.29, 0.717) is 11.8 Å². The fraction of sp³-hybridized carbons (Fsp3) is 0.611. The van der Waals surface area contributed by atoms with Gasteiger partial charge in [0.25, 0.3) is 0 Å². The number of nitrogens with two attached hydrogens (primary N) is 1. The lowest BCUT2D eigenvalue weighted by molar-refractivity contribution is -0.138. The maximum Gasteiger partial charge on any atom is 0.233 e. The Balaban J connectivity index is 1.83. The molecule has 1 amide bonds. The highest BCUT2D eigenvalue weighted by Gasteiger charge is 2.45. The van der Waals surface area contributed by atoms with Crippen LogP contribution < -0.4 is 5.73 Å². The van der Waals surface area contributed by atoms with Gasteiger partial charge in [0.1, 0.15) is 0 Å². The number of likely N-dealkylation sites (tertiary alicyclic amines) is 1. The van der Waals surface area contributed by atoms with Gasteiger partial charge in [-0.25, -0.2) is 0 Å². The zero-order valence-corrected chi connectivity index (χ0v) is 13.8. The Kier molecular flexibility index (Phi) is 4.74. The summed E-state index contributed by atoms with van der Waals surface area (Å²) in [4.78, 5) is 15.3. The van der Waals surface area contributed by atoms with Crippen LogP contribution in [-0.4, -0.2) is 30.4 Å². The van der Waals surface area contributed by atoms with Crippen molar-refractivity contribution in [3.05, 3.63) is 34.9 Å². The highest BCUT2D eigenvalue weighted by molar-refractivity contribution is 6.30. The molecule has 1 heterocycles. The summed E-state index contributed by atoms with van der Waals surface area (Å²) in [7, 11) is 0. The second kappa shape index (κ2) is 6.59. The van der Waals surface area contributed by atoms with Gasteiger partial charge in [-0.2, -0.15) is 0 Å². The van der Waals surface area contributed by atoms with Gasteiger partial charge in [0, 0.05) is 18.1 Å². The van der Waals surface area contributed by atoms with Gasteiger partial charge in [-0.1, -0.05) is 36.6 Å². The van der Waals surface area contributed by atoms with Crippen molar-refractivity contribution in [2.75, 3.05) is 19.6 Å². The molecule has 2 aliphatic rings. The predicted octanol–water partition coefficient (Wildman–Crippen LogP) is 3.35. The number of nitrogens with zero attached hydrogens (tertiary/aromatic N) is 1. The SMILES string of the molecule is NCC1CCN(C(=O)C2(c3cccc(Cl)c3)CCCC2)CC1. The van der Waals surface area contributed by atoms with E-state index < -0.39 is 0 Å². The van der Waals surface area contributed by atoms with E-state index in [4.69, 9.17) is 17.3 Å². The Morgan fingerprint density at radius 2 is 1.95 bits per heavy atom. The van der Waals surface area contributed by atoms with Gasteiger partial charge in [0.15, 0.2) is 0 Å². The molecule has 3 nitrogen and oxygen atoms in total. The number of piperidine rings is 1. The van der Waals surface area contributed by atoms with E-state index in [1.54, 1.807) is 0 Å². The second-order valence-corrected chi connectivity index (χ2v) is 7.21. The number of carbonyl (C=O) groups is 1. The zero-order chi connectivity index (χ0) is 15.6. The highest BCUT2D eigenvalue weighted by Crippen LogP contribution is 2.43. The molecule has 1 saturated heterocycles. The second-order valence-electron chi connectivity index (χ2n) is 6.77. The molecule has 0 bridgehead atoms. The predicted molar refractivity (Wildman–Crippen MR) is 90.0 cm³/mol. The minimum atomic E-state index is -0.347. The molecular formula is C18H25ClN2O. The summed E-state index contributed by atoms with van der Waals surface area (Å²) >= 11 is 6.17. The fourth-order valence-electron chi connectivity index (χ4n) is 4.07. The van der Waals surface area contributed by atoms with Crippen LogP contribution in [0, 0.1) is 5.92 Å². The maximum absolute atomic E-state index is 13.3. The lowest BCUT2D eigenvalue weighted by Crippen LogP contribution is -2.49. The quantitative estimate of drug-likeness (QED) is 0.928. The van der Waals surface area contributed by atoms with E-state index >= 15 is 0 Å². The van der Waals surface area contributed by atoms with Crippen molar-refractivity contribution in [1.29, 1.82) is 0 Å². The van der Waals surface area contributed by atoms with E-state index in [-0.39, 0.29) is 5.41 Å². The average Bonchev–Trinajstić information content (AvgIpc) is 3.05. The lowest BCUT2D eigenvalue weighted by atomic mass is 9.77. The lowest BCUT2D eigenvalue weighted by Gasteiger charge is -2.38. The standard InChI is InChI=1S/C18H25ClN2O/c19-16-5-3-4-15(12-16)18(8-1-2-9-18)17(22)21-10-6-14(13-20)7-11-21/h3-5,12,14H,1-2,6-11,13,20H2. The van der Waals surface area contributed by atoms with Gasteiger partial charge in [0.05, 0.1) is 5.41 Å². The summed E-state index contributed by atoms with van der Waals surface area (Å²) < 4.78 is 0. The summed E-state index contributed by atoms with van der Waals surface area (Å²) in [6, 6.07) is 7.90. The Morgan fingerprint density at radius 1 is 1.27 bits per heavy atom. The van der Waals surface area contributed by atoms with Crippen LogP contribution in [0.15, 0.2) is 24.3 Å². The molecule has 2 N–H and O–H groups in total. The van der Waals surface area contributed by atoms with Crippen LogP contribution in [-0.2, 0) is 10.2 Å². The van der Waals surface area contributed by atoms with Crippen LogP contribution in [0.25, 0.3) is 0 Å². The fourth-order valence-corrected chi connectivity index (χ4v) is 4.26. The van der Waals surface area contributed by atoms with Crippen LogP contribution in [0.2, 0.25) is 5.02 Å². The van der Waals surface area contributed by atoms with Crippen LogP contribution in [0.3, 0.4) is 0 Å². The molecule has 1 aliphatic heterocycles. The van der Waals surface area contributed by atoms with Gasteiger partial charge in [-0.05, 0) is 55.8 Å². The number of rotatable bonds is 3. The number of hydrogen-bond acceptors (Lipinski definition) is 2. The van der Waals surface area contributed by atoms with Crippen LogP contribution >= 0.6 is 11.6 Å². The normalized spacial score (nSPS) is 22.0. The zero-order valence-electron chi connectivity index (χ0n) is 13.1. The maximum atomic E-state index is 13.3. The van der Waals surface area contributed by atoms with E-state index in [1.165, 1.54) is 0 Å². The first-order chi connectivity index (χ1) is 10.7. The van der Waals surface area contributed by atoms with Crippen molar-refractivity contribution in [3.8, 4) is 0 Å². The topological polar surface area (TPSA) is 46.3 Å². The van der Waals surface area contributed by atoms with Crippen molar-refractivity contribution >= 4 is 17.5 Å². The molecule has 1 saturated carbocycles. The molecular weight excluding hydrogens is 296 g/mol. The van der Waals surface area contributed by atoms with Crippen molar-refractivity contribution < 1.29 is 4.79 Å². The monoisotopic (exact) mass is 320 g/mol. The van der Waals surface area contributed by atoms with Crippen LogP contribution in [0.1, 0.15) is 44.1 Å². The molecule has 0 atom stereocenters. The summed E-state index contributed by atoms with van der Waals surface area (Å²) in [5.41, 5.74) is 6.52. The van der Waals surface area contributed by atoms with Crippen LogP contribution in [0.4, 0.5) is 0 Å². The van der Waals surface area contributed by atoms with Crippen LogP contribution in [0.5, 0.6) is 0 Å². The number of benzene rings is 1. The van der Waals surface area contributed by atoms with E-state index in [9.17, 15) is 4.79 Å². The van der Waals surface area contributed by atoms with E-state index in [1.807, 2.05) is 18.2 Å². The Bertz CT molecular complexity index is 532. The first-order valence-corrected chi connectivity index (χ1v) is 8.79. The summed E-state index contributed by atoms with van der Waals surface area (Å²) in [6.07, 6.45) is 6.21. The number of hydrogen-bond donors (Lipinski definition) is 1. The number of amides is 1. The van der Waals surface area contributed by atoms with Gasteiger partial charge in [0.2, 0.25) is 5.91 Å². The van der Waals surface area contributed by atoms with Gasteiger partial charge in [-0.3, -0.25) is 4.79 Å². The minimum absolute atomic E-state index is 0.308. The molecule has 1 aliphatic carbocycles. The smallest absolute Gasteiger partial charge is 0.233 e. The number of carbonyl (C=O) groups excluding carboxylic acids is 1. The third kappa shape index (κ3) is 2.89. The Hall–Kier alpha value is -1.06. The third-order valence-corrected chi connectivity index (χ3v) is 5.71. The Morgan fingerprint density at radius 3 is 2.55 bits per heavy atom. The molecule has 0 radical (unpaired) electrons. The Labute approximate surface area is 137 Å². The molecule has 1 aromatic carbocycles. The molecule has 0 spiro atoms.